The zero-order chi connectivity index (χ0) is 28.4. The highest BCUT2D eigenvalue weighted by atomic mass is 19.1. The van der Waals surface area contributed by atoms with E-state index in [0.717, 1.165) is 16.5 Å². The zero-order valence-corrected chi connectivity index (χ0v) is 22.4. The minimum absolute atomic E-state index is 0.00261. The van der Waals surface area contributed by atoms with Crippen LogP contribution < -0.4 is 15.1 Å². The predicted octanol–water partition coefficient (Wildman–Crippen LogP) is 5.54. The highest BCUT2D eigenvalue weighted by Crippen LogP contribution is 2.46. The van der Waals surface area contributed by atoms with Crippen molar-refractivity contribution in [2.24, 2.45) is 0 Å². The van der Waals surface area contributed by atoms with Crippen LogP contribution in [0.1, 0.15) is 10.4 Å². The van der Waals surface area contributed by atoms with Gasteiger partial charge in [0.05, 0.1) is 17.4 Å². The van der Waals surface area contributed by atoms with Crippen LogP contribution in [0.15, 0.2) is 103 Å². The first-order chi connectivity index (χ1) is 20.6. The third kappa shape index (κ3) is 3.63. The molecule has 206 valence electrons. The number of hydrogen-bond donors (Lipinski definition) is 0. The molecule has 2 aromatic heterocycles. The number of pyridine rings is 1. The van der Waals surface area contributed by atoms with Crippen molar-refractivity contribution in [3.8, 4) is 22.9 Å². The number of anilines is 1. The summed E-state index contributed by atoms with van der Waals surface area (Å²) in [5, 5.41) is 1.93. The first-order valence-corrected chi connectivity index (χ1v) is 13.8. The molecule has 0 atom stereocenters. The van der Waals surface area contributed by atoms with E-state index in [-0.39, 0.29) is 28.3 Å². The molecule has 0 N–H and O–H groups in total. The molecule has 0 radical (unpaired) electrons. The Hall–Kier alpha value is -5.44. The number of amides is 1. The second-order valence-corrected chi connectivity index (χ2v) is 10.5. The number of rotatable bonds is 3. The van der Waals surface area contributed by atoms with Gasteiger partial charge in [-0.3, -0.25) is 9.59 Å². The SMILES string of the molecule is O=C(c1cn2c3c(c(-n4ccnc4)c(F)cc3c1=O)Oc1ccc3ccccc3c1-2)N1CCN(c2ccccc2)CC1. The van der Waals surface area contributed by atoms with Gasteiger partial charge in [-0.05, 0) is 29.7 Å². The van der Waals surface area contributed by atoms with Gasteiger partial charge in [0.25, 0.3) is 5.91 Å². The number of nitrogens with zero attached hydrogens (tertiary/aromatic N) is 5. The number of ether oxygens (including phenoxy) is 1. The molecule has 4 aromatic carbocycles. The van der Waals surface area contributed by atoms with Gasteiger partial charge in [-0.2, -0.15) is 0 Å². The highest BCUT2D eigenvalue weighted by molar-refractivity contribution is 6.03. The lowest BCUT2D eigenvalue weighted by Crippen LogP contribution is -2.49. The molecule has 6 aromatic rings. The summed E-state index contributed by atoms with van der Waals surface area (Å²) < 4.78 is 25.5. The highest BCUT2D eigenvalue weighted by Gasteiger charge is 2.32. The molecule has 0 bridgehead atoms. The minimum Gasteiger partial charge on any atom is -0.451 e. The number of hydrogen-bond acceptors (Lipinski definition) is 5. The van der Waals surface area contributed by atoms with E-state index in [2.05, 4.69) is 9.88 Å². The Morgan fingerprint density at radius 1 is 0.881 bits per heavy atom. The fourth-order valence-corrected chi connectivity index (χ4v) is 6.13. The molecule has 1 saturated heterocycles. The molecule has 8 nitrogen and oxygen atoms in total. The number of para-hydroxylation sites is 1. The Morgan fingerprint density at radius 2 is 1.67 bits per heavy atom. The van der Waals surface area contributed by atoms with Crippen molar-refractivity contribution in [2.75, 3.05) is 31.1 Å². The summed E-state index contributed by atoms with van der Waals surface area (Å²) in [4.78, 5) is 35.9. The fraction of sp³-hybridized carbons (Fsp3) is 0.121. The fourth-order valence-electron chi connectivity index (χ4n) is 6.13. The summed E-state index contributed by atoms with van der Waals surface area (Å²) in [5.41, 5.74) is 1.80. The molecule has 2 aliphatic rings. The number of halogens is 1. The van der Waals surface area contributed by atoms with E-state index in [4.69, 9.17) is 4.74 Å². The van der Waals surface area contributed by atoms with Crippen molar-refractivity contribution in [1.82, 2.24) is 19.0 Å². The van der Waals surface area contributed by atoms with Gasteiger partial charge in [0, 0.05) is 55.8 Å². The quantitative estimate of drug-likeness (QED) is 0.286. The van der Waals surface area contributed by atoms with Crippen LogP contribution in [0.4, 0.5) is 10.1 Å². The largest absolute Gasteiger partial charge is 0.451 e. The van der Waals surface area contributed by atoms with Gasteiger partial charge in [0.1, 0.15) is 16.8 Å². The summed E-state index contributed by atoms with van der Waals surface area (Å²) in [6.07, 6.45) is 6.25. The topological polar surface area (TPSA) is 72.6 Å². The maximum Gasteiger partial charge on any atom is 0.259 e. The molecular weight excluding hydrogens is 533 g/mol. The van der Waals surface area contributed by atoms with Gasteiger partial charge in [0.15, 0.2) is 17.3 Å². The van der Waals surface area contributed by atoms with Crippen molar-refractivity contribution >= 4 is 33.3 Å². The third-order valence-corrected chi connectivity index (χ3v) is 8.17. The van der Waals surface area contributed by atoms with Gasteiger partial charge in [-0.1, -0.05) is 48.5 Å². The third-order valence-electron chi connectivity index (χ3n) is 8.17. The Kier molecular flexibility index (Phi) is 5.40. The monoisotopic (exact) mass is 557 g/mol. The summed E-state index contributed by atoms with van der Waals surface area (Å²) >= 11 is 0. The molecule has 2 aliphatic heterocycles. The van der Waals surface area contributed by atoms with E-state index in [1.54, 1.807) is 23.5 Å². The van der Waals surface area contributed by atoms with Gasteiger partial charge < -0.3 is 23.7 Å². The number of carbonyl (C=O) groups is 1. The van der Waals surface area contributed by atoms with E-state index < -0.39 is 11.2 Å². The Balaban J connectivity index is 1.31. The second-order valence-electron chi connectivity index (χ2n) is 10.5. The molecule has 4 heterocycles. The Bertz CT molecular complexity index is 2080. The Labute approximate surface area is 239 Å². The molecule has 0 unspecified atom stereocenters. The summed E-state index contributed by atoms with van der Waals surface area (Å²) in [6.45, 7) is 2.22. The van der Waals surface area contributed by atoms with Crippen LogP contribution in [0.3, 0.4) is 0 Å². The van der Waals surface area contributed by atoms with E-state index >= 15 is 4.39 Å². The molecule has 42 heavy (non-hydrogen) atoms. The van der Waals surface area contributed by atoms with Gasteiger partial charge in [0.2, 0.25) is 5.43 Å². The average molecular weight is 558 g/mol. The van der Waals surface area contributed by atoms with Crippen molar-refractivity contribution < 1.29 is 13.9 Å². The van der Waals surface area contributed by atoms with E-state index in [1.807, 2.05) is 71.3 Å². The number of benzene rings is 4. The zero-order valence-electron chi connectivity index (χ0n) is 22.4. The standard InChI is InChI=1S/C33H24FN5O3/c34-26-18-24-29-32(30(26)38-13-12-35-20-38)42-27-11-10-21-6-4-5-9-23(21)28(27)39(29)19-25(31(24)40)33(41)37-16-14-36(15-17-37)22-7-2-1-3-8-22/h1-13,18-20H,14-17H2. The van der Waals surface area contributed by atoms with Crippen molar-refractivity contribution in [2.45, 2.75) is 0 Å². The first kappa shape index (κ1) is 24.4. The van der Waals surface area contributed by atoms with Crippen LogP contribution in [0.2, 0.25) is 0 Å². The van der Waals surface area contributed by atoms with Gasteiger partial charge in [-0.15, -0.1) is 0 Å². The molecule has 1 amide bonds. The molecule has 0 saturated carbocycles. The van der Waals surface area contributed by atoms with Gasteiger partial charge in [-0.25, -0.2) is 9.37 Å². The average Bonchev–Trinajstić information content (AvgIpc) is 3.56. The number of aromatic nitrogens is 3. The van der Waals surface area contributed by atoms with Crippen LogP contribution in [-0.2, 0) is 0 Å². The van der Waals surface area contributed by atoms with Crippen molar-refractivity contribution in [3.63, 3.8) is 0 Å². The lowest BCUT2D eigenvalue weighted by molar-refractivity contribution is 0.0745. The Morgan fingerprint density at radius 3 is 2.45 bits per heavy atom. The first-order valence-electron chi connectivity index (χ1n) is 13.8. The molecule has 0 spiro atoms. The van der Waals surface area contributed by atoms with E-state index in [1.165, 1.54) is 17.0 Å². The minimum atomic E-state index is -0.649. The lowest BCUT2D eigenvalue weighted by Gasteiger charge is -2.36. The van der Waals surface area contributed by atoms with E-state index in [9.17, 15) is 9.59 Å². The van der Waals surface area contributed by atoms with Gasteiger partial charge >= 0.3 is 0 Å². The number of imidazole rings is 1. The molecule has 1 fully saturated rings. The molecular formula is C33H24FN5O3. The lowest BCUT2D eigenvalue weighted by atomic mass is 10.0. The summed E-state index contributed by atoms with van der Waals surface area (Å²) in [5.74, 6) is -0.330. The van der Waals surface area contributed by atoms with Crippen LogP contribution in [-0.4, -0.2) is 51.1 Å². The van der Waals surface area contributed by atoms with Crippen LogP contribution >= 0.6 is 0 Å². The molecule has 8 rings (SSSR count). The number of fused-ring (bicyclic) bond motifs is 4. The van der Waals surface area contributed by atoms with Crippen LogP contribution in [0.25, 0.3) is 33.1 Å². The van der Waals surface area contributed by atoms with E-state index in [0.29, 0.717) is 43.1 Å². The van der Waals surface area contributed by atoms with Crippen LogP contribution in [0.5, 0.6) is 11.5 Å². The second kappa shape index (κ2) is 9.31. The summed E-state index contributed by atoms with van der Waals surface area (Å²) in [6, 6.07) is 22.9. The molecule has 0 aliphatic carbocycles. The maximum absolute atomic E-state index is 15.8. The van der Waals surface area contributed by atoms with Crippen molar-refractivity contribution in [1.29, 1.82) is 0 Å². The van der Waals surface area contributed by atoms with Crippen LogP contribution in [0, 0.1) is 5.82 Å². The maximum atomic E-state index is 15.8. The number of piperazine rings is 1. The normalized spacial score (nSPS) is 14.2. The molecule has 9 heteroatoms. The predicted molar refractivity (Wildman–Crippen MR) is 159 cm³/mol. The number of carbonyl (C=O) groups excluding carboxylic acids is 1. The smallest absolute Gasteiger partial charge is 0.259 e. The van der Waals surface area contributed by atoms with Crippen molar-refractivity contribution in [3.05, 3.63) is 119 Å². The summed E-state index contributed by atoms with van der Waals surface area (Å²) in [7, 11) is 0.